The van der Waals surface area contributed by atoms with Crippen molar-refractivity contribution in [1.29, 1.82) is 0 Å². The molecule has 0 spiro atoms. The fourth-order valence-corrected chi connectivity index (χ4v) is 4.66. The van der Waals surface area contributed by atoms with Gasteiger partial charge in [-0.3, -0.25) is 0 Å². The average Bonchev–Trinajstić information content (AvgIpc) is 2.54. The predicted molar refractivity (Wildman–Crippen MR) is 87.7 cm³/mol. The van der Waals surface area contributed by atoms with Crippen LogP contribution in [0.5, 0.6) is 0 Å². The van der Waals surface area contributed by atoms with E-state index in [0.717, 1.165) is 0 Å². The summed E-state index contributed by atoms with van der Waals surface area (Å²) in [7, 11) is -3.66. The number of halogens is 2. The van der Waals surface area contributed by atoms with Crippen LogP contribution in [0.2, 0.25) is 0 Å². The van der Waals surface area contributed by atoms with Gasteiger partial charge in [0, 0.05) is 19.6 Å². The SMILES string of the molecule is O=S(=O)(Cc1cccc(F)c1)N1CCNCC1c1cccc(F)c1. The second-order valence-corrected chi connectivity index (χ2v) is 7.69. The minimum absolute atomic E-state index is 0.281. The van der Waals surface area contributed by atoms with Gasteiger partial charge in [-0.1, -0.05) is 24.3 Å². The molecule has 0 aromatic heterocycles. The third kappa shape index (κ3) is 3.80. The largest absolute Gasteiger partial charge is 0.313 e. The van der Waals surface area contributed by atoms with Crippen LogP contribution in [0.1, 0.15) is 17.2 Å². The van der Waals surface area contributed by atoms with Gasteiger partial charge < -0.3 is 5.32 Å². The Morgan fingerprint density at radius 1 is 1.08 bits per heavy atom. The fourth-order valence-electron chi connectivity index (χ4n) is 2.94. The van der Waals surface area contributed by atoms with Crippen molar-refractivity contribution in [2.24, 2.45) is 0 Å². The molecule has 128 valence electrons. The lowest BCUT2D eigenvalue weighted by molar-refractivity contribution is 0.270. The molecule has 0 bridgehead atoms. The second kappa shape index (κ2) is 6.96. The van der Waals surface area contributed by atoms with Gasteiger partial charge in [0.05, 0.1) is 11.8 Å². The van der Waals surface area contributed by atoms with Crippen LogP contribution in [0.4, 0.5) is 8.78 Å². The first-order valence-electron chi connectivity index (χ1n) is 7.66. The van der Waals surface area contributed by atoms with Crippen LogP contribution in [0.25, 0.3) is 0 Å². The molecule has 1 aliphatic heterocycles. The summed E-state index contributed by atoms with van der Waals surface area (Å²) in [5.41, 5.74) is 0.997. The number of sulfonamides is 1. The maximum atomic E-state index is 13.5. The van der Waals surface area contributed by atoms with Crippen molar-refractivity contribution < 1.29 is 17.2 Å². The molecular formula is C17H18F2N2O2S. The zero-order valence-corrected chi connectivity index (χ0v) is 13.8. The second-order valence-electron chi connectivity index (χ2n) is 5.77. The summed E-state index contributed by atoms with van der Waals surface area (Å²) < 4.78 is 53.8. The third-order valence-corrected chi connectivity index (χ3v) is 5.87. The summed E-state index contributed by atoms with van der Waals surface area (Å²) in [6, 6.07) is 11.0. The van der Waals surface area contributed by atoms with Crippen LogP contribution in [0.15, 0.2) is 48.5 Å². The first kappa shape index (κ1) is 17.0. The van der Waals surface area contributed by atoms with E-state index in [1.165, 1.54) is 34.6 Å². The first-order chi connectivity index (χ1) is 11.5. The Morgan fingerprint density at radius 2 is 1.79 bits per heavy atom. The van der Waals surface area contributed by atoms with Crippen molar-refractivity contribution in [1.82, 2.24) is 9.62 Å². The Labute approximate surface area is 140 Å². The van der Waals surface area contributed by atoms with Gasteiger partial charge in [0.15, 0.2) is 0 Å². The Bertz CT molecular complexity index is 827. The molecule has 2 aromatic rings. The molecule has 7 heteroatoms. The molecular weight excluding hydrogens is 334 g/mol. The van der Waals surface area contributed by atoms with Gasteiger partial charge >= 0.3 is 0 Å². The summed E-state index contributed by atoms with van der Waals surface area (Å²) in [5, 5.41) is 3.14. The van der Waals surface area contributed by atoms with E-state index in [9.17, 15) is 17.2 Å². The standard InChI is InChI=1S/C17H18F2N2O2S/c18-15-5-1-3-13(9-15)12-24(22,23)21-8-7-20-11-17(21)14-4-2-6-16(19)10-14/h1-6,9-10,17,20H,7-8,11-12H2. The normalized spacial score (nSPS) is 19.3. The summed E-state index contributed by atoms with van der Waals surface area (Å²) in [4.78, 5) is 0. The predicted octanol–water partition coefficient (Wildman–Crippen LogP) is 2.44. The van der Waals surface area contributed by atoms with E-state index in [1.807, 2.05) is 0 Å². The number of nitrogens with one attached hydrogen (secondary N) is 1. The van der Waals surface area contributed by atoms with E-state index in [-0.39, 0.29) is 5.75 Å². The van der Waals surface area contributed by atoms with Gasteiger partial charge in [0.1, 0.15) is 11.6 Å². The van der Waals surface area contributed by atoms with E-state index >= 15 is 0 Å². The van der Waals surface area contributed by atoms with Gasteiger partial charge in [-0.05, 0) is 35.4 Å². The highest BCUT2D eigenvalue weighted by molar-refractivity contribution is 7.88. The molecule has 0 saturated carbocycles. The highest BCUT2D eigenvalue weighted by Crippen LogP contribution is 2.27. The first-order valence-corrected chi connectivity index (χ1v) is 9.27. The fraction of sp³-hybridized carbons (Fsp3) is 0.294. The molecule has 1 fully saturated rings. The molecule has 1 atom stereocenters. The summed E-state index contributed by atoms with van der Waals surface area (Å²) in [5.74, 6) is -1.15. The molecule has 0 amide bonds. The lowest BCUT2D eigenvalue weighted by Gasteiger charge is -2.35. The van der Waals surface area contributed by atoms with E-state index in [1.54, 1.807) is 18.2 Å². The number of hydrogen-bond acceptors (Lipinski definition) is 3. The van der Waals surface area contributed by atoms with Gasteiger partial charge in [-0.2, -0.15) is 4.31 Å². The van der Waals surface area contributed by atoms with Crippen LogP contribution < -0.4 is 5.32 Å². The van der Waals surface area contributed by atoms with Gasteiger partial charge in [-0.25, -0.2) is 17.2 Å². The van der Waals surface area contributed by atoms with E-state index in [2.05, 4.69) is 5.32 Å². The topological polar surface area (TPSA) is 49.4 Å². The quantitative estimate of drug-likeness (QED) is 0.920. The maximum Gasteiger partial charge on any atom is 0.218 e. The molecule has 1 unspecified atom stereocenters. The van der Waals surface area contributed by atoms with Crippen LogP contribution in [-0.2, 0) is 15.8 Å². The lowest BCUT2D eigenvalue weighted by atomic mass is 10.1. The maximum absolute atomic E-state index is 13.5. The average molecular weight is 352 g/mol. The number of piperazine rings is 1. The summed E-state index contributed by atoms with van der Waals surface area (Å²) >= 11 is 0. The molecule has 2 aromatic carbocycles. The van der Waals surface area contributed by atoms with E-state index in [4.69, 9.17) is 0 Å². The molecule has 3 rings (SSSR count). The monoisotopic (exact) mass is 352 g/mol. The molecule has 24 heavy (non-hydrogen) atoms. The van der Waals surface area contributed by atoms with Crippen molar-refractivity contribution in [3.05, 3.63) is 71.3 Å². The van der Waals surface area contributed by atoms with Crippen molar-refractivity contribution in [3.63, 3.8) is 0 Å². The third-order valence-electron chi connectivity index (χ3n) is 4.02. The van der Waals surface area contributed by atoms with E-state index < -0.39 is 27.7 Å². The highest BCUT2D eigenvalue weighted by Gasteiger charge is 2.33. The Morgan fingerprint density at radius 3 is 2.50 bits per heavy atom. The molecule has 1 aliphatic rings. The zero-order valence-electron chi connectivity index (χ0n) is 13.0. The molecule has 4 nitrogen and oxygen atoms in total. The zero-order chi connectivity index (χ0) is 17.2. The number of rotatable bonds is 4. The van der Waals surface area contributed by atoms with Gasteiger partial charge in [0.25, 0.3) is 0 Å². The minimum atomic E-state index is -3.66. The summed E-state index contributed by atoms with van der Waals surface area (Å²) in [6.07, 6.45) is 0. The Hall–Kier alpha value is -1.83. The molecule has 1 heterocycles. The summed E-state index contributed by atoms with van der Waals surface area (Å²) in [6.45, 7) is 1.22. The number of nitrogens with zero attached hydrogens (tertiary/aromatic N) is 1. The Balaban J connectivity index is 1.89. The number of hydrogen-bond donors (Lipinski definition) is 1. The molecule has 0 aliphatic carbocycles. The van der Waals surface area contributed by atoms with Crippen LogP contribution in [0, 0.1) is 11.6 Å². The Kier molecular flexibility index (Phi) is 4.93. The molecule has 1 N–H and O–H groups in total. The van der Waals surface area contributed by atoms with E-state index in [0.29, 0.717) is 30.8 Å². The van der Waals surface area contributed by atoms with Crippen molar-refractivity contribution in [3.8, 4) is 0 Å². The minimum Gasteiger partial charge on any atom is -0.313 e. The van der Waals surface area contributed by atoms with Crippen LogP contribution in [0.3, 0.4) is 0 Å². The van der Waals surface area contributed by atoms with Gasteiger partial charge in [0.2, 0.25) is 10.0 Å². The molecule has 1 saturated heterocycles. The van der Waals surface area contributed by atoms with Crippen molar-refractivity contribution in [2.75, 3.05) is 19.6 Å². The van der Waals surface area contributed by atoms with Crippen molar-refractivity contribution >= 4 is 10.0 Å². The van der Waals surface area contributed by atoms with Gasteiger partial charge in [-0.15, -0.1) is 0 Å². The lowest BCUT2D eigenvalue weighted by Crippen LogP contribution is -2.48. The van der Waals surface area contributed by atoms with Crippen molar-refractivity contribution in [2.45, 2.75) is 11.8 Å². The van der Waals surface area contributed by atoms with Crippen LogP contribution in [-0.4, -0.2) is 32.4 Å². The highest BCUT2D eigenvalue weighted by atomic mass is 32.2. The number of benzene rings is 2. The smallest absolute Gasteiger partial charge is 0.218 e. The van der Waals surface area contributed by atoms with Crippen LogP contribution >= 0.6 is 0 Å². The molecule has 0 radical (unpaired) electrons.